The number of hydrogen-bond acceptors (Lipinski definition) is 1. The molecule has 6 aromatic carbocycles. The van der Waals surface area contributed by atoms with E-state index in [2.05, 4.69) is 132 Å². The van der Waals surface area contributed by atoms with E-state index in [4.69, 9.17) is 0 Å². The van der Waals surface area contributed by atoms with Gasteiger partial charge in [-0.1, -0.05) is 84.9 Å². The van der Waals surface area contributed by atoms with Crippen molar-refractivity contribution < 1.29 is 0 Å². The normalized spacial score (nSPS) is 12.5. The molecular formula is C37H23NS. The number of hydrogen-bond donors (Lipinski definition) is 0. The van der Waals surface area contributed by atoms with Crippen LogP contribution in [0.5, 0.6) is 0 Å². The zero-order chi connectivity index (χ0) is 25.5. The van der Waals surface area contributed by atoms with Crippen LogP contribution in [0.3, 0.4) is 0 Å². The Hall–Kier alpha value is -4.66. The van der Waals surface area contributed by atoms with Gasteiger partial charge in [-0.25, -0.2) is 0 Å². The van der Waals surface area contributed by atoms with E-state index < -0.39 is 0 Å². The van der Waals surface area contributed by atoms with Crippen molar-refractivity contribution in [3.8, 4) is 27.9 Å². The standard InChI is InChI=1S/C37H23NS/c1-2-9-26-23(8-1)20-31-27(12-7-13-28(26)31)24-16-18-35-32(21-24)29-10-3-5-14-34(29)38(35)25-17-19-37-33(22-25)30-11-4-6-15-36(30)39-37/h1-19,21-22H,20H2. The first kappa shape index (κ1) is 21.3. The van der Waals surface area contributed by atoms with Crippen LogP contribution in [-0.2, 0) is 6.42 Å². The van der Waals surface area contributed by atoms with Crippen LogP contribution < -0.4 is 0 Å². The molecule has 39 heavy (non-hydrogen) atoms. The lowest BCUT2D eigenvalue weighted by molar-refractivity contribution is 1.19. The third-order valence-electron chi connectivity index (χ3n) is 8.45. The van der Waals surface area contributed by atoms with Gasteiger partial charge in [-0.3, -0.25) is 0 Å². The van der Waals surface area contributed by atoms with Crippen LogP contribution in [0.4, 0.5) is 0 Å². The van der Waals surface area contributed by atoms with Gasteiger partial charge in [0.1, 0.15) is 0 Å². The molecule has 1 nitrogen and oxygen atoms in total. The zero-order valence-corrected chi connectivity index (χ0v) is 22.0. The van der Waals surface area contributed by atoms with Gasteiger partial charge in [0.05, 0.1) is 11.0 Å². The van der Waals surface area contributed by atoms with Crippen molar-refractivity contribution >= 4 is 53.3 Å². The van der Waals surface area contributed by atoms with Crippen molar-refractivity contribution in [3.05, 3.63) is 139 Å². The molecule has 0 N–H and O–H groups in total. The minimum atomic E-state index is 0.996. The van der Waals surface area contributed by atoms with Gasteiger partial charge in [0, 0.05) is 36.6 Å². The maximum atomic E-state index is 2.44. The highest BCUT2D eigenvalue weighted by Crippen LogP contribution is 2.43. The molecule has 0 fully saturated rings. The van der Waals surface area contributed by atoms with Gasteiger partial charge in [-0.05, 0) is 82.3 Å². The predicted molar refractivity (Wildman–Crippen MR) is 167 cm³/mol. The fraction of sp³-hybridized carbons (Fsp3) is 0.0270. The van der Waals surface area contributed by atoms with Crippen molar-refractivity contribution in [1.82, 2.24) is 4.57 Å². The maximum Gasteiger partial charge on any atom is 0.0541 e. The fourth-order valence-electron chi connectivity index (χ4n) is 6.70. The first-order valence-electron chi connectivity index (χ1n) is 13.5. The van der Waals surface area contributed by atoms with Crippen LogP contribution >= 0.6 is 11.3 Å². The molecule has 1 aliphatic rings. The summed E-state index contributed by atoms with van der Waals surface area (Å²) in [5, 5.41) is 5.25. The van der Waals surface area contributed by atoms with Gasteiger partial charge in [0.15, 0.2) is 0 Å². The number of rotatable bonds is 2. The molecule has 2 heterocycles. The summed E-state index contributed by atoms with van der Waals surface area (Å²) in [4.78, 5) is 0. The van der Waals surface area contributed by atoms with Gasteiger partial charge < -0.3 is 4.57 Å². The Morgan fingerprint density at radius 1 is 0.487 bits per heavy atom. The summed E-state index contributed by atoms with van der Waals surface area (Å²) in [5.41, 5.74) is 11.9. The molecule has 0 unspecified atom stereocenters. The molecule has 0 radical (unpaired) electrons. The highest BCUT2D eigenvalue weighted by Gasteiger charge is 2.22. The van der Waals surface area contributed by atoms with Crippen LogP contribution in [0.25, 0.3) is 69.9 Å². The number of nitrogens with zero attached hydrogens (tertiary/aromatic N) is 1. The molecule has 0 aliphatic heterocycles. The topological polar surface area (TPSA) is 4.93 Å². The second-order valence-electron chi connectivity index (χ2n) is 10.5. The van der Waals surface area contributed by atoms with Gasteiger partial charge in [-0.2, -0.15) is 0 Å². The van der Waals surface area contributed by atoms with Crippen molar-refractivity contribution in [3.63, 3.8) is 0 Å². The van der Waals surface area contributed by atoms with E-state index >= 15 is 0 Å². The van der Waals surface area contributed by atoms with Crippen LogP contribution in [0, 0.1) is 0 Å². The lowest BCUT2D eigenvalue weighted by atomic mass is 9.95. The Morgan fingerprint density at radius 3 is 2.21 bits per heavy atom. The molecule has 0 spiro atoms. The molecule has 2 aromatic heterocycles. The van der Waals surface area contributed by atoms with E-state index in [1.165, 1.54) is 81.0 Å². The summed E-state index contributed by atoms with van der Waals surface area (Å²) in [6.07, 6.45) is 0.996. The second kappa shape index (κ2) is 7.92. The molecule has 182 valence electrons. The quantitative estimate of drug-likeness (QED) is 0.217. The minimum Gasteiger partial charge on any atom is -0.309 e. The summed E-state index contributed by atoms with van der Waals surface area (Å²) in [7, 11) is 0. The number of para-hydroxylation sites is 1. The third kappa shape index (κ3) is 3.01. The van der Waals surface area contributed by atoms with Crippen molar-refractivity contribution in [1.29, 1.82) is 0 Å². The molecular weight excluding hydrogens is 490 g/mol. The average molecular weight is 514 g/mol. The van der Waals surface area contributed by atoms with E-state index in [1.807, 2.05) is 11.3 Å². The fourth-order valence-corrected chi connectivity index (χ4v) is 7.79. The summed E-state index contributed by atoms with van der Waals surface area (Å²) in [5.74, 6) is 0. The summed E-state index contributed by atoms with van der Waals surface area (Å²) in [6, 6.07) is 47.2. The van der Waals surface area contributed by atoms with Gasteiger partial charge in [0.25, 0.3) is 0 Å². The lowest BCUT2D eigenvalue weighted by Crippen LogP contribution is -1.93. The van der Waals surface area contributed by atoms with Crippen LogP contribution in [-0.4, -0.2) is 4.57 Å². The predicted octanol–water partition coefficient (Wildman–Crippen LogP) is 10.4. The van der Waals surface area contributed by atoms with Crippen LogP contribution in [0.1, 0.15) is 11.1 Å². The van der Waals surface area contributed by atoms with Crippen molar-refractivity contribution in [2.45, 2.75) is 6.42 Å². The Balaban J connectivity index is 1.27. The number of thiophene rings is 1. The van der Waals surface area contributed by atoms with Crippen molar-refractivity contribution in [2.75, 3.05) is 0 Å². The maximum absolute atomic E-state index is 2.44. The molecule has 0 saturated heterocycles. The SMILES string of the molecule is c1ccc2c(c1)Cc1c(-c3ccc4c(c3)c3ccccc3n4-c3ccc4sc5ccccc5c4c3)cccc1-2. The van der Waals surface area contributed by atoms with E-state index in [1.54, 1.807) is 0 Å². The average Bonchev–Trinajstić information content (AvgIpc) is 3.66. The smallest absolute Gasteiger partial charge is 0.0541 e. The zero-order valence-electron chi connectivity index (χ0n) is 21.2. The van der Waals surface area contributed by atoms with Gasteiger partial charge in [0.2, 0.25) is 0 Å². The molecule has 1 aliphatic carbocycles. The largest absolute Gasteiger partial charge is 0.309 e. The Morgan fingerprint density at radius 2 is 1.23 bits per heavy atom. The molecule has 2 heteroatoms. The molecule has 0 bridgehead atoms. The van der Waals surface area contributed by atoms with Crippen molar-refractivity contribution in [2.24, 2.45) is 0 Å². The highest BCUT2D eigenvalue weighted by atomic mass is 32.1. The van der Waals surface area contributed by atoms with Gasteiger partial charge in [-0.15, -0.1) is 11.3 Å². The Kier molecular flexibility index (Phi) is 4.33. The summed E-state index contributed by atoms with van der Waals surface area (Å²) < 4.78 is 5.11. The number of aromatic nitrogens is 1. The first-order chi connectivity index (χ1) is 19.3. The van der Waals surface area contributed by atoms with Gasteiger partial charge >= 0.3 is 0 Å². The van der Waals surface area contributed by atoms with E-state index in [0.29, 0.717) is 0 Å². The van der Waals surface area contributed by atoms with E-state index in [9.17, 15) is 0 Å². The molecule has 8 aromatic rings. The number of benzene rings is 6. The first-order valence-corrected chi connectivity index (χ1v) is 14.3. The van der Waals surface area contributed by atoms with E-state index in [0.717, 1.165) is 6.42 Å². The van der Waals surface area contributed by atoms with E-state index in [-0.39, 0.29) is 0 Å². The monoisotopic (exact) mass is 513 g/mol. The number of fused-ring (bicyclic) bond motifs is 9. The lowest BCUT2D eigenvalue weighted by Gasteiger charge is -2.11. The second-order valence-corrected chi connectivity index (χ2v) is 11.6. The molecule has 9 rings (SSSR count). The summed E-state index contributed by atoms with van der Waals surface area (Å²) in [6.45, 7) is 0. The molecule has 0 saturated carbocycles. The Bertz CT molecular complexity index is 2260. The highest BCUT2D eigenvalue weighted by molar-refractivity contribution is 7.25. The molecule has 0 atom stereocenters. The molecule has 0 amide bonds. The third-order valence-corrected chi connectivity index (χ3v) is 9.60. The summed E-state index contributed by atoms with van der Waals surface area (Å²) >= 11 is 1.87. The van der Waals surface area contributed by atoms with Crippen LogP contribution in [0.15, 0.2) is 127 Å². The van der Waals surface area contributed by atoms with Crippen LogP contribution in [0.2, 0.25) is 0 Å². The Labute approximate surface area is 230 Å². The minimum absolute atomic E-state index is 0.996.